The Bertz CT molecular complexity index is 712. The first-order valence-electron chi connectivity index (χ1n) is 9.72. The Morgan fingerprint density at radius 2 is 2.04 bits per heavy atom. The van der Waals surface area contributed by atoms with Gasteiger partial charge in [0.2, 0.25) is 0 Å². The molecular weight excluding hydrogens is 342 g/mol. The van der Waals surface area contributed by atoms with Gasteiger partial charge in [-0.3, -0.25) is 9.48 Å². The van der Waals surface area contributed by atoms with Crippen molar-refractivity contribution in [2.45, 2.75) is 52.5 Å². The molecule has 2 aromatic rings. The number of carbonyl (C=O) groups excluding carboxylic acids is 1. The number of nitrogens with one attached hydrogen (secondary N) is 1. The molecule has 0 aliphatic rings. The standard InChI is InChI=1S/C21H31N3O3/c1-4-5-6-7-13-27-19-10-9-18(14-20(19)26-3)21(25)22-11-8-12-24-16-17(2)15-23-24/h9-10,14-16H,4-8,11-13H2,1-3H3,(H,22,25). The van der Waals surface area contributed by atoms with Gasteiger partial charge in [0, 0.05) is 24.8 Å². The molecule has 0 saturated carbocycles. The highest BCUT2D eigenvalue weighted by Crippen LogP contribution is 2.28. The Balaban J connectivity index is 1.79. The van der Waals surface area contributed by atoms with Crippen LogP contribution in [0.2, 0.25) is 0 Å². The number of hydrogen-bond acceptors (Lipinski definition) is 4. The van der Waals surface area contributed by atoms with Crippen LogP contribution in [0.1, 0.15) is 54.9 Å². The van der Waals surface area contributed by atoms with Crippen LogP contribution in [0.15, 0.2) is 30.6 Å². The van der Waals surface area contributed by atoms with E-state index in [1.165, 1.54) is 12.8 Å². The molecular formula is C21H31N3O3. The molecule has 1 amide bonds. The van der Waals surface area contributed by atoms with Crippen molar-refractivity contribution < 1.29 is 14.3 Å². The van der Waals surface area contributed by atoms with Gasteiger partial charge in [0.1, 0.15) is 0 Å². The van der Waals surface area contributed by atoms with E-state index in [1.807, 2.05) is 24.0 Å². The minimum absolute atomic E-state index is 0.112. The fraction of sp³-hybridized carbons (Fsp3) is 0.524. The van der Waals surface area contributed by atoms with Gasteiger partial charge in [0.15, 0.2) is 11.5 Å². The number of aryl methyl sites for hydroxylation is 2. The number of hydrogen-bond donors (Lipinski definition) is 1. The topological polar surface area (TPSA) is 65.4 Å². The van der Waals surface area contributed by atoms with Gasteiger partial charge < -0.3 is 14.8 Å². The Morgan fingerprint density at radius 1 is 1.19 bits per heavy atom. The maximum atomic E-state index is 12.3. The van der Waals surface area contributed by atoms with Gasteiger partial charge in [-0.05, 0) is 43.5 Å². The number of methoxy groups -OCH3 is 1. The van der Waals surface area contributed by atoms with Gasteiger partial charge in [0.25, 0.3) is 5.91 Å². The first-order valence-corrected chi connectivity index (χ1v) is 9.72. The molecule has 0 aliphatic carbocycles. The molecule has 1 aromatic heterocycles. The number of rotatable bonds is 12. The number of aromatic nitrogens is 2. The first kappa shape index (κ1) is 20.8. The van der Waals surface area contributed by atoms with Crippen LogP contribution in [0.3, 0.4) is 0 Å². The maximum absolute atomic E-state index is 12.3. The summed E-state index contributed by atoms with van der Waals surface area (Å²) in [5, 5.41) is 7.17. The van der Waals surface area contributed by atoms with Crippen LogP contribution in [0.4, 0.5) is 0 Å². The van der Waals surface area contributed by atoms with E-state index < -0.39 is 0 Å². The van der Waals surface area contributed by atoms with Crippen LogP contribution >= 0.6 is 0 Å². The van der Waals surface area contributed by atoms with Crippen molar-refractivity contribution in [3.05, 3.63) is 41.7 Å². The molecule has 6 nitrogen and oxygen atoms in total. The van der Waals surface area contributed by atoms with Crippen LogP contribution in [0, 0.1) is 6.92 Å². The lowest BCUT2D eigenvalue weighted by molar-refractivity contribution is 0.0952. The van der Waals surface area contributed by atoms with E-state index in [9.17, 15) is 4.79 Å². The summed E-state index contributed by atoms with van der Waals surface area (Å²) in [4.78, 5) is 12.3. The van der Waals surface area contributed by atoms with E-state index in [2.05, 4.69) is 17.3 Å². The van der Waals surface area contributed by atoms with Crippen molar-refractivity contribution >= 4 is 5.91 Å². The van der Waals surface area contributed by atoms with Crippen molar-refractivity contribution in [1.82, 2.24) is 15.1 Å². The largest absolute Gasteiger partial charge is 0.493 e. The zero-order chi connectivity index (χ0) is 19.5. The minimum Gasteiger partial charge on any atom is -0.493 e. The molecule has 0 atom stereocenters. The smallest absolute Gasteiger partial charge is 0.251 e. The zero-order valence-electron chi connectivity index (χ0n) is 16.7. The third-order valence-corrected chi connectivity index (χ3v) is 4.29. The molecule has 1 heterocycles. The maximum Gasteiger partial charge on any atom is 0.251 e. The SMILES string of the molecule is CCCCCCOc1ccc(C(=O)NCCCn2cc(C)cn2)cc1OC. The summed E-state index contributed by atoms with van der Waals surface area (Å²) in [5.74, 6) is 1.16. The summed E-state index contributed by atoms with van der Waals surface area (Å²) >= 11 is 0. The van der Waals surface area contributed by atoms with Gasteiger partial charge in [-0.15, -0.1) is 0 Å². The quantitative estimate of drug-likeness (QED) is 0.572. The Labute approximate surface area is 161 Å². The lowest BCUT2D eigenvalue weighted by Gasteiger charge is -2.12. The van der Waals surface area contributed by atoms with E-state index in [0.717, 1.165) is 31.4 Å². The average Bonchev–Trinajstić information content (AvgIpc) is 3.10. The molecule has 0 radical (unpaired) electrons. The van der Waals surface area contributed by atoms with Crippen molar-refractivity contribution in [1.29, 1.82) is 0 Å². The number of unbranched alkanes of at least 4 members (excludes halogenated alkanes) is 3. The van der Waals surface area contributed by atoms with Gasteiger partial charge in [-0.2, -0.15) is 5.10 Å². The number of nitrogens with zero attached hydrogens (tertiary/aromatic N) is 2. The van der Waals surface area contributed by atoms with E-state index in [1.54, 1.807) is 25.3 Å². The van der Waals surface area contributed by atoms with E-state index in [4.69, 9.17) is 9.47 Å². The van der Waals surface area contributed by atoms with Gasteiger partial charge >= 0.3 is 0 Å². The van der Waals surface area contributed by atoms with Crippen LogP contribution in [0.5, 0.6) is 11.5 Å². The predicted octanol–water partition coefficient (Wildman–Crippen LogP) is 3.98. The molecule has 0 fully saturated rings. The molecule has 1 aromatic carbocycles. The fourth-order valence-corrected chi connectivity index (χ4v) is 2.77. The summed E-state index contributed by atoms with van der Waals surface area (Å²) in [7, 11) is 1.59. The Kier molecular flexibility index (Phi) is 8.68. The summed E-state index contributed by atoms with van der Waals surface area (Å²) in [6.07, 6.45) is 9.26. The lowest BCUT2D eigenvalue weighted by Crippen LogP contribution is -2.25. The second kappa shape index (κ2) is 11.3. The zero-order valence-corrected chi connectivity index (χ0v) is 16.7. The fourth-order valence-electron chi connectivity index (χ4n) is 2.77. The number of ether oxygens (including phenoxy) is 2. The summed E-state index contributed by atoms with van der Waals surface area (Å²) in [5.41, 5.74) is 1.71. The molecule has 27 heavy (non-hydrogen) atoms. The number of amides is 1. The molecule has 0 aliphatic heterocycles. The van der Waals surface area contributed by atoms with Crippen molar-refractivity contribution in [2.75, 3.05) is 20.3 Å². The first-order chi connectivity index (χ1) is 13.1. The van der Waals surface area contributed by atoms with Crippen LogP contribution in [0.25, 0.3) is 0 Å². The third kappa shape index (κ3) is 6.96. The van der Waals surface area contributed by atoms with Gasteiger partial charge in [-0.25, -0.2) is 0 Å². The highest BCUT2D eigenvalue weighted by Gasteiger charge is 2.11. The number of carbonyl (C=O) groups is 1. The molecule has 0 bridgehead atoms. The van der Waals surface area contributed by atoms with E-state index in [0.29, 0.717) is 30.2 Å². The van der Waals surface area contributed by atoms with Crippen molar-refractivity contribution in [3.63, 3.8) is 0 Å². The lowest BCUT2D eigenvalue weighted by atomic mass is 10.2. The highest BCUT2D eigenvalue weighted by molar-refractivity contribution is 5.94. The van der Waals surface area contributed by atoms with E-state index in [-0.39, 0.29) is 5.91 Å². The normalized spacial score (nSPS) is 10.6. The van der Waals surface area contributed by atoms with Crippen molar-refractivity contribution in [3.8, 4) is 11.5 Å². The van der Waals surface area contributed by atoms with Crippen molar-refractivity contribution in [2.24, 2.45) is 0 Å². The van der Waals surface area contributed by atoms with Gasteiger partial charge in [-0.1, -0.05) is 26.2 Å². The second-order valence-electron chi connectivity index (χ2n) is 6.66. The van der Waals surface area contributed by atoms with Crippen LogP contribution in [-0.2, 0) is 6.54 Å². The van der Waals surface area contributed by atoms with Crippen LogP contribution in [-0.4, -0.2) is 35.9 Å². The molecule has 0 unspecified atom stereocenters. The monoisotopic (exact) mass is 373 g/mol. The summed E-state index contributed by atoms with van der Waals surface area (Å²) < 4.78 is 13.1. The summed E-state index contributed by atoms with van der Waals surface area (Å²) in [6.45, 7) is 6.23. The summed E-state index contributed by atoms with van der Waals surface area (Å²) in [6, 6.07) is 5.31. The third-order valence-electron chi connectivity index (χ3n) is 4.29. The predicted molar refractivity (Wildman–Crippen MR) is 107 cm³/mol. The molecule has 0 spiro atoms. The minimum atomic E-state index is -0.112. The molecule has 1 N–H and O–H groups in total. The molecule has 0 saturated heterocycles. The molecule has 2 rings (SSSR count). The highest BCUT2D eigenvalue weighted by atomic mass is 16.5. The van der Waals surface area contributed by atoms with Crippen LogP contribution < -0.4 is 14.8 Å². The second-order valence-corrected chi connectivity index (χ2v) is 6.66. The average molecular weight is 373 g/mol. The van der Waals surface area contributed by atoms with Gasteiger partial charge in [0.05, 0.1) is 19.9 Å². The number of benzene rings is 1. The molecule has 148 valence electrons. The Morgan fingerprint density at radius 3 is 2.74 bits per heavy atom. The Hall–Kier alpha value is -2.50. The van der Waals surface area contributed by atoms with E-state index >= 15 is 0 Å². The molecule has 6 heteroatoms.